The Balaban J connectivity index is 2.97. The van der Waals surface area contributed by atoms with Crippen LogP contribution < -0.4 is 4.72 Å². The van der Waals surface area contributed by atoms with E-state index in [-0.39, 0.29) is 16.5 Å². The van der Waals surface area contributed by atoms with Crippen LogP contribution in [0.1, 0.15) is 49.5 Å². The van der Waals surface area contributed by atoms with Gasteiger partial charge in [-0.05, 0) is 50.3 Å². The van der Waals surface area contributed by atoms with E-state index in [1.165, 1.54) is 18.2 Å². The highest BCUT2D eigenvalue weighted by atomic mass is 32.2. The predicted molar refractivity (Wildman–Crippen MR) is 82.0 cm³/mol. The molecule has 1 aromatic rings. The molecule has 0 heterocycles. The van der Waals surface area contributed by atoms with Crippen LogP contribution in [-0.4, -0.2) is 25.5 Å². The Hall–Kier alpha value is -1.40. The maximum atomic E-state index is 12.4. The third kappa shape index (κ3) is 5.13. The summed E-state index contributed by atoms with van der Waals surface area (Å²) in [5, 5.41) is 8.98. The minimum Gasteiger partial charge on any atom is -0.478 e. The first-order valence-electron chi connectivity index (χ1n) is 6.99. The smallest absolute Gasteiger partial charge is 0.335 e. The molecule has 2 N–H and O–H groups in total. The molecule has 0 amide bonds. The molecule has 0 saturated carbocycles. The lowest BCUT2D eigenvalue weighted by molar-refractivity contribution is 0.0696. The van der Waals surface area contributed by atoms with Crippen molar-refractivity contribution in [2.75, 3.05) is 0 Å². The van der Waals surface area contributed by atoms with E-state index < -0.39 is 16.0 Å². The Morgan fingerprint density at radius 2 is 1.86 bits per heavy atom. The molecular weight excluding hydrogens is 290 g/mol. The standard InChI is InChI=1S/C15H23NO4S/c1-10(2)5-7-12(4)16-21(19,20)14-9-13(15(17)18)8-6-11(14)3/h6,8-10,12,16H,5,7H2,1-4H3,(H,17,18). The van der Waals surface area contributed by atoms with Gasteiger partial charge in [0.05, 0.1) is 10.5 Å². The van der Waals surface area contributed by atoms with Crippen LogP contribution in [0, 0.1) is 12.8 Å². The zero-order valence-corrected chi connectivity index (χ0v) is 13.7. The number of carboxylic acid groups (broad SMARTS) is 1. The summed E-state index contributed by atoms with van der Waals surface area (Å²) in [6.07, 6.45) is 1.67. The van der Waals surface area contributed by atoms with E-state index in [0.29, 0.717) is 11.5 Å². The molecule has 1 rings (SSSR count). The Morgan fingerprint density at radius 3 is 2.38 bits per heavy atom. The summed E-state index contributed by atoms with van der Waals surface area (Å²) >= 11 is 0. The minimum absolute atomic E-state index is 0.0267. The van der Waals surface area contributed by atoms with Crippen molar-refractivity contribution in [2.24, 2.45) is 5.92 Å². The molecule has 0 aliphatic carbocycles. The van der Waals surface area contributed by atoms with Crippen molar-refractivity contribution < 1.29 is 18.3 Å². The van der Waals surface area contributed by atoms with Crippen LogP contribution in [0.25, 0.3) is 0 Å². The predicted octanol–water partition coefficient (Wildman–Crippen LogP) is 2.80. The van der Waals surface area contributed by atoms with Crippen molar-refractivity contribution in [1.82, 2.24) is 4.72 Å². The van der Waals surface area contributed by atoms with E-state index in [2.05, 4.69) is 18.6 Å². The van der Waals surface area contributed by atoms with E-state index in [0.717, 1.165) is 12.8 Å². The minimum atomic E-state index is -3.71. The zero-order valence-electron chi connectivity index (χ0n) is 12.9. The fraction of sp³-hybridized carbons (Fsp3) is 0.533. The van der Waals surface area contributed by atoms with Gasteiger partial charge in [0.15, 0.2) is 0 Å². The van der Waals surface area contributed by atoms with Gasteiger partial charge in [0.2, 0.25) is 10.0 Å². The number of benzene rings is 1. The van der Waals surface area contributed by atoms with Gasteiger partial charge in [0.25, 0.3) is 0 Å². The van der Waals surface area contributed by atoms with Gasteiger partial charge < -0.3 is 5.11 Å². The molecular formula is C15H23NO4S. The second kappa shape index (κ2) is 7.04. The summed E-state index contributed by atoms with van der Waals surface area (Å²) in [5.41, 5.74) is 0.499. The molecule has 0 fully saturated rings. The van der Waals surface area contributed by atoms with Crippen LogP contribution in [0.5, 0.6) is 0 Å². The lowest BCUT2D eigenvalue weighted by Gasteiger charge is -2.16. The highest BCUT2D eigenvalue weighted by Crippen LogP contribution is 2.18. The number of nitrogens with one attached hydrogen (secondary N) is 1. The summed E-state index contributed by atoms with van der Waals surface area (Å²) in [7, 11) is -3.71. The monoisotopic (exact) mass is 313 g/mol. The van der Waals surface area contributed by atoms with Crippen LogP contribution in [-0.2, 0) is 10.0 Å². The van der Waals surface area contributed by atoms with Crippen molar-refractivity contribution in [3.8, 4) is 0 Å². The first-order valence-corrected chi connectivity index (χ1v) is 8.48. The van der Waals surface area contributed by atoms with E-state index in [4.69, 9.17) is 5.11 Å². The number of carbonyl (C=O) groups is 1. The Bertz CT molecular complexity index is 608. The number of aryl methyl sites for hydroxylation is 1. The fourth-order valence-electron chi connectivity index (χ4n) is 1.99. The highest BCUT2D eigenvalue weighted by Gasteiger charge is 2.21. The summed E-state index contributed by atoms with van der Waals surface area (Å²) in [4.78, 5) is 11.0. The normalized spacial score (nSPS) is 13.4. The van der Waals surface area contributed by atoms with Crippen molar-refractivity contribution in [1.29, 1.82) is 0 Å². The molecule has 0 aliphatic rings. The number of hydrogen-bond acceptors (Lipinski definition) is 3. The van der Waals surface area contributed by atoms with Crippen molar-refractivity contribution >= 4 is 16.0 Å². The van der Waals surface area contributed by atoms with Crippen LogP contribution in [0.2, 0.25) is 0 Å². The molecule has 0 aliphatic heterocycles. The van der Waals surface area contributed by atoms with Crippen LogP contribution in [0.3, 0.4) is 0 Å². The first-order chi connectivity index (χ1) is 9.63. The van der Waals surface area contributed by atoms with Gasteiger partial charge in [-0.1, -0.05) is 19.9 Å². The highest BCUT2D eigenvalue weighted by molar-refractivity contribution is 7.89. The van der Waals surface area contributed by atoms with Crippen molar-refractivity contribution in [3.05, 3.63) is 29.3 Å². The SMILES string of the molecule is Cc1ccc(C(=O)O)cc1S(=O)(=O)NC(C)CCC(C)C. The van der Waals surface area contributed by atoms with E-state index in [1.807, 2.05) is 6.92 Å². The second-order valence-electron chi connectivity index (χ2n) is 5.78. The van der Waals surface area contributed by atoms with Gasteiger partial charge in [-0.2, -0.15) is 0 Å². The van der Waals surface area contributed by atoms with Gasteiger partial charge in [-0.15, -0.1) is 0 Å². The third-order valence-electron chi connectivity index (χ3n) is 3.26. The molecule has 0 spiro atoms. The summed E-state index contributed by atoms with van der Waals surface area (Å²) < 4.78 is 27.4. The number of carboxylic acids is 1. The molecule has 0 radical (unpaired) electrons. The fourth-order valence-corrected chi connectivity index (χ4v) is 3.54. The quantitative estimate of drug-likeness (QED) is 0.811. The van der Waals surface area contributed by atoms with E-state index in [9.17, 15) is 13.2 Å². The number of aromatic carboxylic acids is 1. The lowest BCUT2D eigenvalue weighted by atomic mass is 10.1. The van der Waals surface area contributed by atoms with Gasteiger partial charge in [0, 0.05) is 6.04 Å². The molecule has 0 bridgehead atoms. The second-order valence-corrected chi connectivity index (χ2v) is 7.46. The number of hydrogen-bond donors (Lipinski definition) is 2. The maximum absolute atomic E-state index is 12.4. The van der Waals surface area contributed by atoms with Gasteiger partial charge in [0.1, 0.15) is 0 Å². The molecule has 6 heteroatoms. The van der Waals surface area contributed by atoms with Crippen molar-refractivity contribution in [3.63, 3.8) is 0 Å². The average Bonchev–Trinajstić information content (AvgIpc) is 2.35. The summed E-state index contributed by atoms with van der Waals surface area (Å²) in [6, 6.07) is 3.93. The Labute approximate surface area is 126 Å². The molecule has 0 saturated heterocycles. The van der Waals surface area contributed by atoms with Crippen LogP contribution in [0.15, 0.2) is 23.1 Å². The third-order valence-corrected chi connectivity index (χ3v) is 4.99. The zero-order chi connectivity index (χ0) is 16.2. The lowest BCUT2D eigenvalue weighted by Crippen LogP contribution is -2.33. The maximum Gasteiger partial charge on any atom is 0.335 e. The van der Waals surface area contributed by atoms with E-state index in [1.54, 1.807) is 6.92 Å². The summed E-state index contributed by atoms with van der Waals surface area (Å²) in [6.45, 7) is 7.64. The van der Waals surface area contributed by atoms with Crippen LogP contribution >= 0.6 is 0 Å². The largest absolute Gasteiger partial charge is 0.478 e. The van der Waals surface area contributed by atoms with Crippen molar-refractivity contribution in [2.45, 2.75) is 51.5 Å². The molecule has 1 unspecified atom stereocenters. The first kappa shape index (κ1) is 17.7. The van der Waals surface area contributed by atoms with Gasteiger partial charge in [-0.3, -0.25) is 0 Å². The Morgan fingerprint density at radius 1 is 1.24 bits per heavy atom. The number of rotatable bonds is 7. The topological polar surface area (TPSA) is 83.5 Å². The van der Waals surface area contributed by atoms with Gasteiger partial charge in [-0.25, -0.2) is 17.9 Å². The van der Waals surface area contributed by atoms with Crippen LogP contribution in [0.4, 0.5) is 0 Å². The Kier molecular flexibility index (Phi) is 5.92. The molecule has 0 aromatic heterocycles. The molecule has 118 valence electrons. The van der Waals surface area contributed by atoms with Gasteiger partial charge >= 0.3 is 5.97 Å². The molecule has 21 heavy (non-hydrogen) atoms. The molecule has 1 aromatic carbocycles. The summed E-state index contributed by atoms with van der Waals surface area (Å²) in [5.74, 6) is -0.631. The number of sulfonamides is 1. The molecule has 5 nitrogen and oxygen atoms in total. The average molecular weight is 313 g/mol. The molecule has 1 atom stereocenters. The van der Waals surface area contributed by atoms with E-state index >= 15 is 0 Å².